The molecule has 2 aromatic rings. The SMILES string of the molecule is Cc1nn(C)c(C)c1NC(=O)[C@H](C)Oc1ccc(Br)cc1F. The number of aryl methyl sites for hydroxylation is 2. The number of anilines is 1. The van der Waals surface area contributed by atoms with Crippen LogP contribution in [0, 0.1) is 19.7 Å². The topological polar surface area (TPSA) is 56.2 Å². The highest BCUT2D eigenvalue weighted by molar-refractivity contribution is 9.10. The second-order valence-electron chi connectivity index (χ2n) is 4.99. The van der Waals surface area contributed by atoms with Gasteiger partial charge in [0.2, 0.25) is 0 Å². The van der Waals surface area contributed by atoms with E-state index in [1.165, 1.54) is 12.1 Å². The third-order valence-corrected chi connectivity index (χ3v) is 3.82. The standard InChI is InChI=1S/C15H17BrFN3O2/c1-8-14(9(2)20(4)19-8)18-15(21)10(3)22-13-6-5-11(16)7-12(13)17/h5-7,10H,1-4H3,(H,18,21)/t10-/m0/s1. The molecule has 1 aromatic carbocycles. The van der Waals surface area contributed by atoms with E-state index in [-0.39, 0.29) is 11.7 Å². The summed E-state index contributed by atoms with van der Waals surface area (Å²) in [6.45, 7) is 5.23. The van der Waals surface area contributed by atoms with E-state index in [1.807, 2.05) is 13.8 Å². The third kappa shape index (κ3) is 3.47. The van der Waals surface area contributed by atoms with Gasteiger partial charge in [-0.05, 0) is 39.0 Å². The van der Waals surface area contributed by atoms with Crippen molar-refractivity contribution >= 4 is 27.5 Å². The van der Waals surface area contributed by atoms with Gasteiger partial charge in [0.05, 0.1) is 17.1 Å². The monoisotopic (exact) mass is 369 g/mol. The normalized spacial score (nSPS) is 12.1. The Morgan fingerprint density at radius 3 is 2.68 bits per heavy atom. The average Bonchev–Trinajstić information content (AvgIpc) is 2.68. The summed E-state index contributed by atoms with van der Waals surface area (Å²) in [6.07, 6.45) is -0.838. The molecule has 118 valence electrons. The van der Waals surface area contributed by atoms with Crippen LogP contribution in [-0.4, -0.2) is 21.8 Å². The molecule has 0 fully saturated rings. The molecule has 7 heteroatoms. The van der Waals surface area contributed by atoms with Crippen molar-refractivity contribution < 1.29 is 13.9 Å². The van der Waals surface area contributed by atoms with Crippen LogP contribution in [0.25, 0.3) is 0 Å². The molecule has 22 heavy (non-hydrogen) atoms. The van der Waals surface area contributed by atoms with E-state index in [0.29, 0.717) is 10.2 Å². The van der Waals surface area contributed by atoms with E-state index in [0.717, 1.165) is 11.4 Å². The van der Waals surface area contributed by atoms with Crippen molar-refractivity contribution in [1.29, 1.82) is 0 Å². The largest absolute Gasteiger partial charge is 0.478 e. The molecule has 0 aliphatic heterocycles. The molecule has 0 radical (unpaired) electrons. The number of ether oxygens (including phenoxy) is 1. The number of carbonyl (C=O) groups excluding carboxylic acids is 1. The van der Waals surface area contributed by atoms with Gasteiger partial charge in [0, 0.05) is 11.5 Å². The Morgan fingerprint density at radius 1 is 1.45 bits per heavy atom. The zero-order valence-corrected chi connectivity index (χ0v) is 14.4. The molecule has 1 heterocycles. The summed E-state index contributed by atoms with van der Waals surface area (Å²) in [5.41, 5.74) is 2.21. The maximum Gasteiger partial charge on any atom is 0.265 e. The first-order valence-corrected chi connectivity index (χ1v) is 7.51. The van der Waals surface area contributed by atoms with E-state index >= 15 is 0 Å². The van der Waals surface area contributed by atoms with Crippen molar-refractivity contribution in [1.82, 2.24) is 9.78 Å². The number of amides is 1. The minimum atomic E-state index is -0.838. The number of benzene rings is 1. The van der Waals surface area contributed by atoms with Gasteiger partial charge in [0.15, 0.2) is 17.7 Å². The van der Waals surface area contributed by atoms with E-state index in [4.69, 9.17) is 4.74 Å². The molecule has 1 atom stereocenters. The number of aromatic nitrogens is 2. The molecule has 1 N–H and O–H groups in total. The van der Waals surface area contributed by atoms with Gasteiger partial charge in [-0.1, -0.05) is 15.9 Å². The van der Waals surface area contributed by atoms with Gasteiger partial charge in [-0.25, -0.2) is 4.39 Å². The zero-order valence-electron chi connectivity index (χ0n) is 12.8. The predicted molar refractivity (Wildman–Crippen MR) is 85.5 cm³/mol. The number of hydrogen-bond acceptors (Lipinski definition) is 3. The maximum absolute atomic E-state index is 13.7. The van der Waals surface area contributed by atoms with Gasteiger partial charge in [0.1, 0.15) is 0 Å². The Morgan fingerprint density at radius 2 is 2.14 bits per heavy atom. The van der Waals surface area contributed by atoms with Crippen LogP contribution in [-0.2, 0) is 11.8 Å². The second kappa shape index (κ2) is 6.48. The Kier molecular flexibility index (Phi) is 4.85. The van der Waals surface area contributed by atoms with Crippen LogP contribution in [0.3, 0.4) is 0 Å². The molecule has 1 amide bonds. The molecule has 5 nitrogen and oxygen atoms in total. The zero-order chi connectivity index (χ0) is 16.4. The van der Waals surface area contributed by atoms with E-state index in [2.05, 4.69) is 26.3 Å². The molecular formula is C15H17BrFN3O2. The van der Waals surface area contributed by atoms with Crippen molar-refractivity contribution in [2.45, 2.75) is 26.9 Å². The van der Waals surface area contributed by atoms with Crippen molar-refractivity contribution in [3.63, 3.8) is 0 Å². The van der Waals surface area contributed by atoms with Crippen LogP contribution in [0.15, 0.2) is 22.7 Å². The minimum absolute atomic E-state index is 0.0329. The minimum Gasteiger partial charge on any atom is -0.478 e. The van der Waals surface area contributed by atoms with Crippen molar-refractivity contribution in [2.75, 3.05) is 5.32 Å². The van der Waals surface area contributed by atoms with Crippen LogP contribution in [0.4, 0.5) is 10.1 Å². The molecule has 0 spiro atoms. The van der Waals surface area contributed by atoms with E-state index < -0.39 is 11.9 Å². The molecule has 0 saturated heterocycles. The predicted octanol–water partition coefficient (Wildman–Crippen LogP) is 3.34. The molecule has 0 unspecified atom stereocenters. The van der Waals surface area contributed by atoms with Gasteiger partial charge >= 0.3 is 0 Å². The van der Waals surface area contributed by atoms with Crippen molar-refractivity contribution in [3.05, 3.63) is 39.9 Å². The third-order valence-electron chi connectivity index (χ3n) is 3.32. The van der Waals surface area contributed by atoms with Gasteiger partial charge in [-0.3, -0.25) is 9.48 Å². The van der Waals surface area contributed by atoms with E-state index in [1.54, 1.807) is 24.7 Å². The number of rotatable bonds is 4. The first kappa shape index (κ1) is 16.5. The highest BCUT2D eigenvalue weighted by Gasteiger charge is 2.20. The second-order valence-corrected chi connectivity index (χ2v) is 5.91. The highest BCUT2D eigenvalue weighted by Crippen LogP contribution is 2.23. The Hall–Kier alpha value is -1.89. The lowest BCUT2D eigenvalue weighted by atomic mass is 10.2. The van der Waals surface area contributed by atoms with Gasteiger partial charge in [-0.15, -0.1) is 0 Å². The summed E-state index contributed by atoms with van der Waals surface area (Å²) < 4.78 is 21.4. The highest BCUT2D eigenvalue weighted by atomic mass is 79.9. The van der Waals surface area contributed by atoms with Crippen LogP contribution < -0.4 is 10.1 Å². The molecule has 0 aliphatic carbocycles. The quantitative estimate of drug-likeness (QED) is 0.898. The van der Waals surface area contributed by atoms with Crippen molar-refractivity contribution in [2.24, 2.45) is 7.05 Å². The van der Waals surface area contributed by atoms with Crippen LogP contribution in [0.1, 0.15) is 18.3 Å². The fourth-order valence-corrected chi connectivity index (χ4v) is 2.33. The molecule has 0 saturated carbocycles. The number of nitrogens with zero attached hydrogens (tertiary/aromatic N) is 2. The van der Waals surface area contributed by atoms with Crippen LogP contribution >= 0.6 is 15.9 Å². The Labute approximate surface area is 136 Å². The summed E-state index contributed by atoms with van der Waals surface area (Å²) in [4.78, 5) is 12.2. The molecule has 2 rings (SSSR count). The summed E-state index contributed by atoms with van der Waals surface area (Å²) in [5, 5.41) is 7.00. The number of hydrogen-bond donors (Lipinski definition) is 1. The van der Waals surface area contributed by atoms with Gasteiger partial charge in [-0.2, -0.15) is 5.10 Å². The summed E-state index contributed by atoms with van der Waals surface area (Å²) in [6, 6.07) is 4.41. The lowest BCUT2D eigenvalue weighted by Crippen LogP contribution is -2.30. The lowest BCUT2D eigenvalue weighted by molar-refractivity contribution is -0.122. The first-order valence-electron chi connectivity index (χ1n) is 6.72. The molecule has 1 aromatic heterocycles. The van der Waals surface area contributed by atoms with Crippen molar-refractivity contribution in [3.8, 4) is 5.75 Å². The number of nitrogens with one attached hydrogen (secondary N) is 1. The molecular weight excluding hydrogens is 353 g/mol. The summed E-state index contributed by atoms with van der Waals surface area (Å²) in [5.74, 6) is -0.852. The first-order chi connectivity index (χ1) is 10.3. The fourth-order valence-electron chi connectivity index (χ4n) is 1.99. The van der Waals surface area contributed by atoms with Crippen LogP contribution in [0.2, 0.25) is 0 Å². The average molecular weight is 370 g/mol. The fraction of sp³-hybridized carbons (Fsp3) is 0.333. The molecule has 0 bridgehead atoms. The van der Waals surface area contributed by atoms with E-state index in [9.17, 15) is 9.18 Å². The van der Waals surface area contributed by atoms with Gasteiger partial charge < -0.3 is 10.1 Å². The summed E-state index contributed by atoms with van der Waals surface area (Å²) >= 11 is 3.17. The van der Waals surface area contributed by atoms with Gasteiger partial charge in [0.25, 0.3) is 5.91 Å². The number of carbonyl (C=O) groups is 1. The smallest absolute Gasteiger partial charge is 0.265 e. The Bertz CT molecular complexity index is 715. The van der Waals surface area contributed by atoms with Crippen LogP contribution in [0.5, 0.6) is 5.75 Å². The number of halogens is 2. The maximum atomic E-state index is 13.7. The summed E-state index contributed by atoms with van der Waals surface area (Å²) in [7, 11) is 1.80. The molecule has 0 aliphatic rings. The Balaban J connectivity index is 2.09. The lowest BCUT2D eigenvalue weighted by Gasteiger charge is -2.15.